The summed E-state index contributed by atoms with van der Waals surface area (Å²) < 4.78 is 26.0. The van der Waals surface area contributed by atoms with Crippen molar-refractivity contribution in [2.75, 3.05) is 25.4 Å². The largest absolute Gasteiger partial charge is 0.317 e. The van der Waals surface area contributed by atoms with E-state index in [0.717, 1.165) is 38.8 Å². The van der Waals surface area contributed by atoms with Crippen molar-refractivity contribution in [3.8, 4) is 0 Å². The molecule has 0 atom stereocenters. The lowest BCUT2D eigenvalue weighted by atomic mass is 9.93. The van der Waals surface area contributed by atoms with Crippen molar-refractivity contribution in [3.63, 3.8) is 0 Å². The summed E-state index contributed by atoms with van der Waals surface area (Å²) in [4.78, 5) is 0. The topological polar surface area (TPSA) is 58.2 Å². The van der Waals surface area contributed by atoms with Crippen LogP contribution in [0.15, 0.2) is 0 Å². The SMILES string of the molecule is CCCNCCCCS(=O)(=O)NCCC(C)(C)C. The van der Waals surface area contributed by atoms with E-state index in [0.29, 0.717) is 6.54 Å². The maximum absolute atomic E-state index is 11.7. The molecular weight excluding hydrogens is 248 g/mol. The van der Waals surface area contributed by atoms with E-state index >= 15 is 0 Å². The first kappa shape index (κ1) is 17.9. The summed E-state index contributed by atoms with van der Waals surface area (Å²) in [7, 11) is -3.07. The Morgan fingerprint density at radius 2 is 1.67 bits per heavy atom. The molecule has 5 heteroatoms. The van der Waals surface area contributed by atoms with Crippen molar-refractivity contribution in [2.24, 2.45) is 5.41 Å². The van der Waals surface area contributed by atoms with Gasteiger partial charge in [0.2, 0.25) is 10.0 Å². The zero-order chi connectivity index (χ0) is 14.1. The normalized spacial score (nSPS) is 12.9. The summed E-state index contributed by atoms with van der Waals surface area (Å²) in [5.74, 6) is 0.241. The fraction of sp³-hybridized carbons (Fsp3) is 1.00. The third-order valence-corrected chi connectivity index (χ3v) is 4.11. The summed E-state index contributed by atoms with van der Waals surface area (Å²) >= 11 is 0. The second-order valence-electron chi connectivity index (χ2n) is 5.98. The third-order valence-electron chi connectivity index (χ3n) is 2.64. The van der Waals surface area contributed by atoms with Crippen LogP contribution >= 0.6 is 0 Å². The molecule has 110 valence electrons. The Kier molecular flexibility index (Phi) is 8.82. The van der Waals surface area contributed by atoms with Gasteiger partial charge in [0.25, 0.3) is 0 Å². The Bertz CT molecular complexity index is 295. The van der Waals surface area contributed by atoms with Gasteiger partial charge in [0.15, 0.2) is 0 Å². The number of unbranched alkanes of at least 4 members (excludes halogenated alkanes) is 1. The van der Waals surface area contributed by atoms with E-state index in [2.05, 4.69) is 37.7 Å². The highest BCUT2D eigenvalue weighted by Gasteiger charge is 2.13. The Hall–Kier alpha value is -0.130. The Balaban J connectivity index is 3.62. The Morgan fingerprint density at radius 1 is 1.00 bits per heavy atom. The molecular formula is C13H30N2O2S. The van der Waals surface area contributed by atoms with Gasteiger partial charge in [-0.1, -0.05) is 27.7 Å². The van der Waals surface area contributed by atoms with Gasteiger partial charge in [-0.25, -0.2) is 13.1 Å². The molecule has 0 bridgehead atoms. The first-order chi connectivity index (χ1) is 8.27. The molecule has 0 unspecified atom stereocenters. The summed E-state index contributed by atoms with van der Waals surface area (Å²) in [6.07, 6.45) is 3.62. The summed E-state index contributed by atoms with van der Waals surface area (Å²) in [6, 6.07) is 0. The predicted octanol–water partition coefficient (Wildman–Crippen LogP) is 2.12. The molecule has 0 amide bonds. The van der Waals surface area contributed by atoms with Crippen LogP contribution in [0, 0.1) is 5.41 Å². The van der Waals surface area contributed by atoms with E-state index in [-0.39, 0.29) is 11.2 Å². The van der Waals surface area contributed by atoms with Gasteiger partial charge in [-0.05, 0) is 44.2 Å². The third kappa shape index (κ3) is 12.3. The molecule has 0 aromatic rings. The molecule has 0 aliphatic rings. The second-order valence-corrected chi connectivity index (χ2v) is 7.91. The molecule has 0 aliphatic carbocycles. The standard InChI is InChI=1S/C13H30N2O2S/c1-5-9-14-10-6-7-12-18(16,17)15-11-8-13(2,3)4/h14-15H,5-12H2,1-4H3. The van der Waals surface area contributed by atoms with Crippen LogP contribution in [0.2, 0.25) is 0 Å². The minimum absolute atomic E-state index is 0.173. The van der Waals surface area contributed by atoms with Gasteiger partial charge >= 0.3 is 0 Å². The molecule has 2 N–H and O–H groups in total. The molecule has 0 saturated heterocycles. The van der Waals surface area contributed by atoms with Crippen LogP contribution < -0.4 is 10.0 Å². The van der Waals surface area contributed by atoms with Crippen LogP contribution in [0.25, 0.3) is 0 Å². The average molecular weight is 278 g/mol. The molecule has 0 heterocycles. The number of hydrogen-bond acceptors (Lipinski definition) is 3. The Labute approximate surface area is 113 Å². The van der Waals surface area contributed by atoms with Gasteiger partial charge in [-0.15, -0.1) is 0 Å². The minimum atomic E-state index is -3.07. The van der Waals surface area contributed by atoms with Gasteiger partial charge in [-0.2, -0.15) is 0 Å². The summed E-state index contributed by atoms with van der Waals surface area (Å²) in [5.41, 5.74) is 0.173. The molecule has 4 nitrogen and oxygen atoms in total. The minimum Gasteiger partial charge on any atom is -0.317 e. The highest BCUT2D eigenvalue weighted by molar-refractivity contribution is 7.89. The smallest absolute Gasteiger partial charge is 0.211 e. The first-order valence-corrected chi connectivity index (χ1v) is 8.60. The number of rotatable bonds is 10. The lowest BCUT2D eigenvalue weighted by Gasteiger charge is -2.18. The van der Waals surface area contributed by atoms with Gasteiger partial charge in [0.1, 0.15) is 0 Å². The van der Waals surface area contributed by atoms with E-state index < -0.39 is 10.0 Å². The van der Waals surface area contributed by atoms with Crippen LogP contribution in [0.3, 0.4) is 0 Å². The van der Waals surface area contributed by atoms with Crippen molar-refractivity contribution in [1.29, 1.82) is 0 Å². The monoisotopic (exact) mass is 278 g/mol. The summed E-state index contributed by atoms with van der Waals surface area (Å²) in [5, 5.41) is 3.27. The highest BCUT2D eigenvalue weighted by Crippen LogP contribution is 2.17. The van der Waals surface area contributed by atoms with Gasteiger partial charge in [0, 0.05) is 6.54 Å². The van der Waals surface area contributed by atoms with Crippen LogP contribution in [-0.4, -0.2) is 33.8 Å². The number of hydrogen-bond donors (Lipinski definition) is 2. The quantitative estimate of drug-likeness (QED) is 0.602. The average Bonchev–Trinajstić information content (AvgIpc) is 2.21. The zero-order valence-corrected chi connectivity index (χ0v) is 13.2. The molecule has 0 saturated carbocycles. The van der Waals surface area contributed by atoms with Crippen molar-refractivity contribution in [1.82, 2.24) is 10.0 Å². The zero-order valence-electron chi connectivity index (χ0n) is 12.4. The second kappa shape index (κ2) is 8.88. The van der Waals surface area contributed by atoms with Gasteiger partial charge in [-0.3, -0.25) is 0 Å². The highest BCUT2D eigenvalue weighted by atomic mass is 32.2. The van der Waals surface area contributed by atoms with E-state index in [1.165, 1.54) is 0 Å². The van der Waals surface area contributed by atoms with Crippen LogP contribution in [0.5, 0.6) is 0 Å². The lowest BCUT2D eigenvalue weighted by Crippen LogP contribution is -2.29. The van der Waals surface area contributed by atoms with Crippen molar-refractivity contribution < 1.29 is 8.42 Å². The molecule has 18 heavy (non-hydrogen) atoms. The van der Waals surface area contributed by atoms with Crippen molar-refractivity contribution in [2.45, 2.75) is 53.4 Å². The van der Waals surface area contributed by atoms with E-state index in [1.807, 2.05) is 0 Å². The van der Waals surface area contributed by atoms with Crippen LogP contribution in [-0.2, 0) is 10.0 Å². The van der Waals surface area contributed by atoms with Crippen molar-refractivity contribution in [3.05, 3.63) is 0 Å². The van der Waals surface area contributed by atoms with E-state index in [1.54, 1.807) is 0 Å². The molecule has 0 aromatic heterocycles. The molecule has 0 radical (unpaired) electrons. The van der Waals surface area contributed by atoms with Crippen molar-refractivity contribution >= 4 is 10.0 Å². The van der Waals surface area contributed by atoms with Gasteiger partial charge < -0.3 is 5.32 Å². The van der Waals surface area contributed by atoms with E-state index in [9.17, 15) is 8.42 Å². The predicted molar refractivity (Wildman–Crippen MR) is 78.3 cm³/mol. The molecule has 0 aromatic carbocycles. The summed E-state index contributed by atoms with van der Waals surface area (Å²) in [6.45, 7) is 10.9. The maximum Gasteiger partial charge on any atom is 0.211 e. The van der Waals surface area contributed by atoms with Crippen LogP contribution in [0.1, 0.15) is 53.4 Å². The first-order valence-electron chi connectivity index (χ1n) is 6.95. The van der Waals surface area contributed by atoms with Gasteiger partial charge in [0.05, 0.1) is 5.75 Å². The number of nitrogens with one attached hydrogen (secondary N) is 2. The fourth-order valence-electron chi connectivity index (χ4n) is 1.50. The Morgan fingerprint density at radius 3 is 2.22 bits per heavy atom. The molecule has 0 aliphatic heterocycles. The molecule has 0 rings (SSSR count). The molecule has 0 spiro atoms. The number of sulfonamides is 1. The molecule has 0 fully saturated rings. The maximum atomic E-state index is 11.7. The fourth-order valence-corrected chi connectivity index (χ4v) is 2.64. The van der Waals surface area contributed by atoms with Crippen LogP contribution in [0.4, 0.5) is 0 Å². The lowest BCUT2D eigenvalue weighted by molar-refractivity contribution is 0.378. The van der Waals surface area contributed by atoms with E-state index in [4.69, 9.17) is 0 Å².